The van der Waals surface area contributed by atoms with E-state index in [4.69, 9.17) is 4.74 Å². The van der Waals surface area contributed by atoms with E-state index in [0.29, 0.717) is 5.88 Å². The van der Waals surface area contributed by atoms with Crippen molar-refractivity contribution in [1.29, 1.82) is 0 Å². The number of ether oxygens (including phenoxy) is 1. The minimum absolute atomic E-state index is 0.0738. The first kappa shape index (κ1) is 19.4. The Labute approximate surface area is 159 Å². The number of rotatable bonds is 7. The van der Waals surface area contributed by atoms with E-state index in [0.717, 1.165) is 34.4 Å². The first-order chi connectivity index (χ1) is 11.9. The molecule has 0 aliphatic rings. The minimum Gasteiger partial charge on any atom is -0.469 e. The van der Waals surface area contributed by atoms with E-state index in [1.54, 1.807) is 0 Å². The third-order valence-electron chi connectivity index (χ3n) is 4.12. The Kier molecular flexibility index (Phi) is 7.00. The number of halogens is 1. The second-order valence-corrected chi connectivity index (χ2v) is 6.91. The lowest BCUT2D eigenvalue weighted by Gasteiger charge is -2.17. The molecule has 1 heterocycles. The number of nitrogens with zero attached hydrogens (tertiary/aromatic N) is 3. The molecule has 25 heavy (non-hydrogen) atoms. The van der Waals surface area contributed by atoms with E-state index in [-0.39, 0.29) is 6.10 Å². The van der Waals surface area contributed by atoms with Gasteiger partial charge in [-0.05, 0) is 60.3 Å². The smallest absolute Gasteiger partial charge is 0.228 e. The lowest BCUT2D eigenvalue weighted by Crippen LogP contribution is -2.14. The summed E-state index contributed by atoms with van der Waals surface area (Å²) >= 11 is 3.56. The van der Waals surface area contributed by atoms with E-state index in [2.05, 4.69) is 64.0 Å². The third kappa shape index (κ3) is 5.30. The molecule has 0 N–H and O–H groups in total. The van der Waals surface area contributed by atoms with Crippen molar-refractivity contribution >= 4 is 28.0 Å². The molecule has 0 spiro atoms. The Hall–Kier alpha value is -1.88. The summed E-state index contributed by atoms with van der Waals surface area (Å²) in [5, 5.41) is 0. The predicted molar refractivity (Wildman–Crippen MR) is 108 cm³/mol. The highest BCUT2D eigenvalue weighted by molar-refractivity contribution is 9.10. The number of benzene rings is 1. The second-order valence-electron chi connectivity index (χ2n) is 6.06. The van der Waals surface area contributed by atoms with Gasteiger partial charge in [0, 0.05) is 13.6 Å². The van der Waals surface area contributed by atoms with Crippen molar-refractivity contribution in [3.63, 3.8) is 0 Å². The fourth-order valence-electron chi connectivity index (χ4n) is 2.31. The molecular weight excluding hydrogens is 378 g/mol. The second kappa shape index (κ2) is 8.99. The molecule has 1 unspecified atom stereocenters. The number of aryl methyl sites for hydroxylation is 2. The van der Waals surface area contributed by atoms with Crippen molar-refractivity contribution in [2.24, 2.45) is 4.99 Å². The molecule has 134 valence electrons. The van der Waals surface area contributed by atoms with Crippen LogP contribution in [0.25, 0.3) is 0 Å². The van der Waals surface area contributed by atoms with Crippen LogP contribution in [0.2, 0.25) is 0 Å². The van der Waals surface area contributed by atoms with Gasteiger partial charge in [0.15, 0.2) is 0 Å². The van der Waals surface area contributed by atoms with E-state index < -0.39 is 0 Å². The van der Waals surface area contributed by atoms with Crippen molar-refractivity contribution in [3.05, 3.63) is 51.6 Å². The van der Waals surface area contributed by atoms with Crippen molar-refractivity contribution < 1.29 is 4.74 Å². The van der Waals surface area contributed by atoms with Gasteiger partial charge in [-0.15, -0.1) is 0 Å². The molecule has 1 aromatic carbocycles. The van der Waals surface area contributed by atoms with Gasteiger partial charge < -0.3 is 9.64 Å². The van der Waals surface area contributed by atoms with Gasteiger partial charge in [-0.3, -0.25) is 0 Å². The highest BCUT2D eigenvalue weighted by Gasteiger charge is 2.13. The van der Waals surface area contributed by atoms with E-state index in [1.165, 1.54) is 5.56 Å². The summed E-state index contributed by atoms with van der Waals surface area (Å²) < 4.78 is 6.90. The monoisotopic (exact) mass is 403 g/mol. The summed E-state index contributed by atoms with van der Waals surface area (Å²) in [5.41, 5.74) is 4.13. The number of hydrogen-bond acceptors (Lipinski definition) is 3. The van der Waals surface area contributed by atoms with Gasteiger partial charge in [0.1, 0.15) is 6.10 Å². The summed E-state index contributed by atoms with van der Waals surface area (Å²) in [5.74, 6) is 0.592. The summed E-state index contributed by atoms with van der Waals surface area (Å²) in [7, 11) is 1.99. The van der Waals surface area contributed by atoms with Crippen molar-refractivity contribution in [1.82, 2.24) is 9.88 Å². The van der Waals surface area contributed by atoms with Crippen LogP contribution in [0.15, 0.2) is 39.8 Å². The van der Waals surface area contributed by atoms with Crippen LogP contribution in [-0.2, 0) is 6.42 Å². The number of hydrogen-bond donors (Lipinski definition) is 0. The van der Waals surface area contributed by atoms with Crippen LogP contribution in [0.5, 0.6) is 5.88 Å². The zero-order valence-electron chi connectivity index (χ0n) is 15.6. The molecule has 0 amide bonds. The van der Waals surface area contributed by atoms with Crippen LogP contribution in [-0.4, -0.2) is 29.8 Å². The van der Waals surface area contributed by atoms with Crippen LogP contribution in [0, 0.1) is 6.92 Å². The number of aliphatic imine (C=N–C) groups is 1. The molecule has 0 fully saturated rings. The molecule has 0 aliphatic carbocycles. The van der Waals surface area contributed by atoms with Crippen molar-refractivity contribution in [3.8, 4) is 5.88 Å². The molecular formula is C20H26BrN3O. The standard InChI is InChI=1S/C20H26BrN3O/c1-6-16-9-8-10-17(11-16)15(4)25-20-18(21)12-19(14(3)23-20)22-13-24(5)7-2/h8-13,15H,6-7H2,1-5H3. The molecule has 1 atom stereocenters. The Morgan fingerprint density at radius 1 is 1.32 bits per heavy atom. The quantitative estimate of drug-likeness (QED) is 0.454. The first-order valence-corrected chi connectivity index (χ1v) is 9.40. The first-order valence-electron chi connectivity index (χ1n) is 8.61. The topological polar surface area (TPSA) is 37.7 Å². The molecule has 1 aromatic heterocycles. The van der Waals surface area contributed by atoms with E-state index in [1.807, 2.05) is 38.2 Å². The maximum Gasteiger partial charge on any atom is 0.228 e. The average Bonchev–Trinajstić information content (AvgIpc) is 2.62. The molecule has 2 aromatic rings. The third-order valence-corrected chi connectivity index (χ3v) is 4.69. The maximum atomic E-state index is 6.09. The number of pyridine rings is 1. The van der Waals surface area contributed by atoms with Gasteiger partial charge in [0.05, 0.1) is 22.2 Å². The molecule has 0 radical (unpaired) electrons. The Morgan fingerprint density at radius 3 is 2.76 bits per heavy atom. The van der Waals surface area contributed by atoms with Gasteiger partial charge in [-0.1, -0.05) is 31.2 Å². The van der Waals surface area contributed by atoms with E-state index >= 15 is 0 Å². The van der Waals surface area contributed by atoms with Crippen molar-refractivity contribution in [2.45, 2.75) is 40.2 Å². The summed E-state index contributed by atoms with van der Waals surface area (Å²) in [6.07, 6.45) is 2.76. The SMILES string of the molecule is CCc1cccc(C(C)Oc2nc(C)c(N=CN(C)CC)cc2Br)c1. The zero-order valence-corrected chi connectivity index (χ0v) is 17.2. The van der Waals surface area contributed by atoms with Crippen LogP contribution >= 0.6 is 15.9 Å². The minimum atomic E-state index is -0.0738. The Balaban J connectivity index is 2.19. The summed E-state index contributed by atoms with van der Waals surface area (Å²) in [6.45, 7) is 9.13. The van der Waals surface area contributed by atoms with Crippen LogP contribution in [0.1, 0.15) is 43.7 Å². The van der Waals surface area contributed by atoms with Crippen molar-refractivity contribution in [2.75, 3.05) is 13.6 Å². The van der Waals surface area contributed by atoms with Gasteiger partial charge in [-0.2, -0.15) is 0 Å². The lowest BCUT2D eigenvalue weighted by molar-refractivity contribution is 0.215. The predicted octanol–water partition coefficient (Wildman–Crippen LogP) is 5.47. The maximum absolute atomic E-state index is 6.09. The summed E-state index contributed by atoms with van der Waals surface area (Å²) in [4.78, 5) is 11.1. The van der Waals surface area contributed by atoms with Gasteiger partial charge >= 0.3 is 0 Å². The molecule has 0 bridgehead atoms. The molecule has 0 saturated heterocycles. The normalized spacial score (nSPS) is 12.4. The van der Waals surface area contributed by atoms with Crippen LogP contribution in [0.4, 0.5) is 5.69 Å². The fourth-order valence-corrected chi connectivity index (χ4v) is 2.71. The lowest BCUT2D eigenvalue weighted by atomic mass is 10.1. The van der Waals surface area contributed by atoms with Crippen LogP contribution < -0.4 is 4.74 Å². The molecule has 4 nitrogen and oxygen atoms in total. The molecule has 2 rings (SSSR count). The Bertz CT molecular complexity index is 746. The van der Waals surface area contributed by atoms with Gasteiger partial charge in [-0.25, -0.2) is 9.98 Å². The fraction of sp³-hybridized carbons (Fsp3) is 0.400. The molecule has 0 aliphatic heterocycles. The zero-order chi connectivity index (χ0) is 18.4. The van der Waals surface area contributed by atoms with Gasteiger partial charge in [0.25, 0.3) is 0 Å². The van der Waals surface area contributed by atoms with Gasteiger partial charge in [0.2, 0.25) is 5.88 Å². The summed E-state index contributed by atoms with van der Waals surface area (Å²) in [6, 6.07) is 10.4. The largest absolute Gasteiger partial charge is 0.469 e. The molecule has 0 saturated carbocycles. The number of aromatic nitrogens is 1. The van der Waals surface area contributed by atoms with E-state index in [9.17, 15) is 0 Å². The Morgan fingerprint density at radius 2 is 2.08 bits per heavy atom. The van der Waals surface area contributed by atoms with Crippen LogP contribution in [0.3, 0.4) is 0 Å². The molecule has 5 heteroatoms. The highest BCUT2D eigenvalue weighted by Crippen LogP contribution is 2.32. The average molecular weight is 404 g/mol. The highest BCUT2D eigenvalue weighted by atomic mass is 79.9.